The van der Waals surface area contributed by atoms with Gasteiger partial charge in [-0.1, -0.05) is 17.7 Å². The third kappa shape index (κ3) is 1.61. The Kier molecular flexibility index (Phi) is 2.40. The number of carboxylic acids is 1. The summed E-state index contributed by atoms with van der Waals surface area (Å²) in [6.45, 7) is 0.266. The van der Waals surface area contributed by atoms with E-state index in [-0.39, 0.29) is 12.2 Å². The van der Waals surface area contributed by atoms with E-state index in [0.717, 1.165) is 5.69 Å². The smallest absolute Gasteiger partial charge is 0.356 e. The van der Waals surface area contributed by atoms with Gasteiger partial charge >= 0.3 is 5.97 Å². The number of fused-ring (bicyclic) bond motifs is 5. The van der Waals surface area contributed by atoms with Crippen LogP contribution >= 0.6 is 11.6 Å². The summed E-state index contributed by atoms with van der Waals surface area (Å²) in [6, 6.07) is 5.42. The number of rotatable bonds is 1. The molecular weight excluding hydrogens is 294 g/mol. The highest BCUT2D eigenvalue weighted by atomic mass is 35.5. The number of benzene rings is 1. The van der Waals surface area contributed by atoms with E-state index in [1.54, 1.807) is 21.4 Å². The predicted molar refractivity (Wildman–Crippen MR) is 73.7 cm³/mol. The van der Waals surface area contributed by atoms with E-state index in [2.05, 4.69) is 15.1 Å². The van der Waals surface area contributed by atoms with Gasteiger partial charge in [0.2, 0.25) is 0 Å². The van der Waals surface area contributed by atoms with Crippen LogP contribution in [-0.4, -0.2) is 35.4 Å². The summed E-state index contributed by atoms with van der Waals surface area (Å²) in [5.41, 5.74) is 1.99. The third-order valence-corrected chi connectivity index (χ3v) is 3.77. The number of carbonyl (C=O) groups is 1. The Morgan fingerprint density at radius 1 is 1.33 bits per heavy atom. The third-order valence-electron chi connectivity index (χ3n) is 3.46. The SMILES string of the molecule is O=C(O)c1ncn2c1Cn1ncnc1-c1c(Cl)cccc1-2. The molecule has 104 valence electrons. The molecule has 1 aliphatic heterocycles. The second kappa shape index (κ2) is 4.16. The zero-order valence-electron chi connectivity index (χ0n) is 10.6. The summed E-state index contributed by atoms with van der Waals surface area (Å²) in [5, 5.41) is 14.0. The lowest BCUT2D eigenvalue weighted by Gasteiger charge is -2.09. The van der Waals surface area contributed by atoms with Gasteiger partial charge in [-0.25, -0.2) is 19.4 Å². The minimum absolute atomic E-state index is 0.00396. The van der Waals surface area contributed by atoms with E-state index in [0.29, 0.717) is 22.1 Å². The maximum absolute atomic E-state index is 11.3. The Labute approximate surface area is 123 Å². The van der Waals surface area contributed by atoms with Crippen LogP contribution in [0.1, 0.15) is 16.2 Å². The van der Waals surface area contributed by atoms with E-state index < -0.39 is 5.97 Å². The quantitative estimate of drug-likeness (QED) is 0.580. The zero-order chi connectivity index (χ0) is 14.6. The van der Waals surface area contributed by atoms with Crippen molar-refractivity contribution in [1.29, 1.82) is 0 Å². The fraction of sp³-hybridized carbons (Fsp3) is 0.0769. The number of halogens is 1. The molecule has 3 heterocycles. The van der Waals surface area contributed by atoms with Crippen LogP contribution in [-0.2, 0) is 6.54 Å². The number of aromatic carboxylic acids is 1. The van der Waals surface area contributed by atoms with Crippen molar-refractivity contribution in [3.8, 4) is 17.1 Å². The van der Waals surface area contributed by atoms with Crippen molar-refractivity contribution in [2.45, 2.75) is 6.54 Å². The minimum atomic E-state index is -1.07. The van der Waals surface area contributed by atoms with Gasteiger partial charge in [-0.15, -0.1) is 0 Å². The van der Waals surface area contributed by atoms with Crippen LogP contribution in [0, 0.1) is 0 Å². The Balaban J connectivity index is 2.12. The molecule has 1 aromatic carbocycles. The number of imidazole rings is 1. The molecule has 0 atom stereocenters. The van der Waals surface area contributed by atoms with E-state index in [1.807, 2.05) is 6.07 Å². The van der Waals surface area contributed by atoms with Gasteiger partial charge in [0.05, 0.1) is 28.5 Å². The predicted octanol–water partition coefficient (Wildman–Crippen LogP) is 1.84. The molecule has 4 rings (SSSR count). The molecule has 21 heavy (non-hydrogen) atoms. The van der Waals surface area contributed by atoms with Gasteiger partial charge < -0.3 is 5.11 Å². The molecule has 3 aromatic rings. The molecule has 1 aliphatic rings. The second-order valence-corrected chi connectivity index (χ2v) is 5.00. The van der Waals surface area contributed by atoms with Crippen molar-refractivity contribution < 1.29 is 9.90 Å². The van der Waals surface area contributed by atoms with Gasteiger partial charge in [0, 0.05) is 0 Å². The minimum Gasteiger partial charge on any atom is -0.476 e. The first-order valence-corrected chi connectivity index (χ1v) is 6.51. The van der Waals surface area contributed by atoms with Gasteiger partial charge in [-0.2, -0.15) is 5.10 Å². The van der Waals surface area contributed by atoms with Crippen molar-refractivity contribution in [2.24, 2.45) is 0 Å². The second-order valence-electron chi connectivity index (χ2n) is 4.59. The number of aromatic nitrogens is 5. The van der Waals surface area contributed by atoms with Crippen LogP contribution in [0.4, 0.5) is 0 Å². The summed E-state index contributed by atoms with van der Waals surface area (Å²) in [4.78, 5) is 19.6. The van der Waals surface area contributed by atoms with Crippen LogP contribution < -0.4 is 0 Å². The molecule has 7 nitrogen and oxygen atoms in total. The molecule has 0 aliphatic carbocycles. The number of hydrogen-bond donors (Lipinski definition) is 1. The van der Waals surface area contributed by atoms with E-state index in [4.69, 9.17) is 11.6 Å². The van der Waals surface area contributed by atoms with Crippen molar-refractivity contribution in [3.63, 3.8) is 0 Å². The Hall–Kier alpha value is -2.67. The average Bonchev–Trinajstić information content (AvgIpc) is 3.04. The van der Waals surface area contributed by atoms with Crippen molar-refractivity contribution in [3.05, 3.63) is 47.3 Å². The first-order chi connectivity index (χ1) is 10.2. The molecule has 0 fully saturated rings. The van der Waals surface area contributed by atoms with Gasteiger partial charge in [-0.3, -0.25) is 4.57 Å². The van der Waals surface area contributed by atoms with Crippen LogP contribution in [0.25, 0.3) is 17.1 Å². The van der Waals surface area contributed by atoms with Crippen LogP contribution in [0.15, 0.2) is 30.9 Å². The molecule has 0 spiro atoms. The summed E-state index contributed by atoms with van der Waals surface area (Å²) >= 11 is 6.30. The lowest BCUT2D eigenvalue weighted by Crippen LogP contribution is -2.09. The number of hydrogen-bond acceptors (Lipinski definition) is 4. The van der Waals surface area contributed by atoms with Crippen LogP contribution in [0.2, 0.25) is 5.02 Å². The summed E-state index contributed by atoms with van der Waals surface area (Å²) in [5.74, 6) is -0.466. The lowest BCUT2D eigenvalue weighted by molar-refractivity contribution is 0.0689. The Bertz CT molecular complexity index is 883. The van der Waals surface area contributed by atoms with E-state index in [9.17, 15) is 9.90 Å². The molecule has 0 bridgehead atoms. The first kappa shape index (κ1) is 12.1. The normalized spacial score (nSPS) is 12.2. The summed E-state index contributed by atoms with van der Waals surface area (Å²) in [7, 11) is 0. The number of nitrogens with zero attached hydrogens (tertiary/aromatic N) is 5. The molecule has 0 radical (unpaired) electrons. The standard InChI is InChI=1S/C13H8ClN5O2/c14-7-2-1-3-8-10(7)12-15-5-17-19(12)4-9-11(13(20)21)16-6-18(8)9/h1-3,5-6H,4H2,(H,20,21). The fourth-order valence-electron chi connectivity index (χ4n) is 2.56. The monoisotopic (exact) mass is 301 g/mol. The fourth-order valence-corrected chi connectivity index (χ4v) is 2.82. The molecule has 8 heteroatoms. The van der Waals surface area contributed by atoms with Crippen LogP contribution in [0.5, 0.6) is 0 Å². The molecule has 0 saturated carbocycles. The maximum atomic E-state index is 11.3. The molecule has 2 aromatic heterocycles. The van der Waals surface area contributed by atoms with Crippen molar-refractivity contribution in [2.75, 3.05) is 0 Å². The first-order valence-electron chi connectivity index (χ1n) is 6.13. The van der Waals surface area contributed by atoms with Crippen LogP contribution in [0.3, 0.4) is 0 Å². The van der Waals surface area contributed by atoms with Gasteiger partial charge in [0.25, 0.3) is 0 Å². The highest BCUT2D eigenvalue weighted by Crippen LogP contribution is 2.35. The summed E-state index contributed by atoms with van der Waals surface area (Å²) in [6.07, 6.45) is 2.91. The Morgan fingerprint density at radius 3 is 3.00 bits per heavy atom. The van der Waals surface area contributed by atoms with Gasteiger partial charge in [-0.05, 0) is 12.1 Å². The van der Waals surface area contributed by atoms with Crippen molar-refractivity contribution in [1.82, 2.24) is 24.3 Å². The Morgan fingerprint density at radius 2 is 2.19 bits per heavy atom. The maximum Gasteiger partial charge on any atom is 0.356 e. The topological polar surface area (TPSA) is 85.8 Å². The van der Waals surface area contributed by atoms with E-state index >= 15 is 0 Å². The molecule has 0 saturated heterocycles. The van der Waals surface area contributed by atoms with Crippen molar-refractivity contribution >= 4 is 17.6 Å². The molecule has 0 unspecified atom stereocenters. The molecular formula is C13H8ClN5O2. The zero-order valence-corrected chi connectivity index (χ0v) is 11.3. The van der Waals surface area contributed by atoms with E-state index in [1.165, 1.54) is 12.7 Å². The number of carboxylic acid groups (broad SMARTS) is 1. The highest BCUT2D eigenvalue weighted by molar-refractivity contribution is 6.33. The molecule has 1 N–H and O–H groups in total. The lowest BCUT2D eigenvalue weighted by atomic mass is 10.1. The van der Waals surface area contributed by atoms with Gasteiger partial charge in [0.15, 0.2) is 11.5 Å². The summed E-state index contributed by atoms with van der Waals surface area (Å²) < 4.78 is 3.35. The van der Waals surface area contributed by atoms with Gasteiger partial charge in [0.1, 0.15) is 12.7 Å². The largest absolute Gasteiger partial charge is 0.476 e. The average molecular weight is 302 g/mol. The highest BCUT2D eigenvalue weighted by Gasteiger charge is 2.27. The molecule has 0 amide bonds.